The fraction of sp³-hybridized carbons (Fsp3) is 0.310. The van der Waals surface area contributed by atoms with Crippen molar-refractivity contribution in [2.24, 2.45) is 0 Å². The molecule has 0 spiro atoms. The quantitative estimate of drug-likeness (QED) is 0.258. The summed E-state index contributed by atoms with van der Waals surface area (Å²) < 4.78 is 54.0. The van der Waals surface area contributed by atoms with Gasteiger partial charge in [-0.15, -0.1) is 0 Å². The van der Waals surface area contributed by atoms with E-state index < -0.39 is 23.8 Å². The number of ether oxygens (including phenoxy) is 3. The number of carbonyl (C=O) groups excluding carboxylic acids is 2. The summed E-state index contributed by atoms with van der Waals surface area (Å²) in [6.07, 6.45) is -0.634. The molecule has 3 aromatic rings. The number of amides is 1. The van der Waals surface area contributed by atoms with E-state index in [1.807, 2.05) is 35.2 Å². The van der Waals surface area contributed by atoms with Gasteiger partial charge < -0.3 is 29.3 Å². The molecule has 2 aromatic carbocycles. The van der Waals surface area contributed by atoms with Crippen molar-refractivity contribution in [3.05, 3.63) is 89.6 Å². The van der Waals surface area contributed by atoms with Gasteiger partial charge in [0.2, 0.25) is 5.95 Å². The summed E-state index contributed by atoms with van der Waals surface area (Å²) in [5.74, 6) is 0.0892. The Bertz CT molecular complexity index is 1360. The van der Waals surface area contributed by atoms with Crippen molar-refractivity contribution in [2.75, 3.05) is 56.8 Å². The summed E-state index contributed by atoms with van der Waals surface area (Å²) >= 11 is 0. The Balaban J connectivity index is 1.63. The van der Waals surface area contributed by atoms with Gasteiger partial charge in [-0.05, 0) is 35.9 Å². The molecule has 4 rings (SSSR count). The van der Waals surface area contributed by atoms with Gasteiger partial charge in [0, 0.05) is 38.1 Å². The number of anilines is 3. The first-order chi connectivity index (χ1) is 20.2. The van der Waals surface area contributed by atoms with Gasteiger partial charge in [-0.2, -0.15) is 18.2 Å². The predicted molar refractivity (Wildman–Crippen MR) is 148 cm³/mol. The third kappa shape index (κ3) is 8.43. The molecule has 1 aromatic heterocycles. The van der Waals surface area contributed by atoms with Crippen LogP contribution in [-0.2, 0) is 26.9 Å². The molecule has 0 unspecified atom stereocenters. The zero-order valence-electron chi connectivity index (χ0n) is 22.8. The minimum atomic E-state index is -4.48. The van der Waals surface area contributed by atoms with Gasteiger partial charge in [0.05, 0.1) is 25.9 Å². The number of hydrogen-bond acceptors (Lipinski definition) is 9. The van der Waals surface area contributed by atoms with Crippen LogP contribution in [0.25, 0.3) is 0 Å². The van der Waals surface area contributed by atoms with Crippen LogP contribution in [0.15, 0.2) is 72.9 Å². The SMILES string of the molecule is COC(=O)OC/C=C/CN(Cc1ccccc1)C(=O)c1cnc(N2CCOCC2)nc1Nc1ccc(C(F)(F)F)cc1. The van der Waals surface area contributed by atoms with E-state index in [2.05, 4.69) is 20.0 Å². The monoisotopic (exact) mass is 585 g/mol. The number of nitrogens with zero attached hydrogens (tertiary/aromatic N) is 4. The topological polar surface area (TPSA) is 106 Å². The molecule has 1 aliphatic rings. The van der Waals surface area contributed by atoms with Gasteiger partial charge in [0.25, 0.3) is 5.91 Å². The first-order valence-corrected chi connectivity index (χ1v) is 13.1. The normalized spacial score (nSPS) is 13.6. The second kappa shape index (κ2) is 14.3. The van der Waals surface area contributed by atoms with Crippen molar-refractivity contribution < 1.29 is 37.0 Å². The molecule has 0 aliphatic carbocycles. The van der Waals surface area contributed by atoms with Crippen molar-refractivity contribution in [1.82, 2.24) is 14.9 Å². The van der Waals surface area contributed by atoms with Gasteiger partial charge in [0.15, 0.2) is 0 Å². The highest BCUT2D eigenvalue weighted by Crippen LogP contribution is 2.31. The van der Waals surface area contributed by atoms with Gasteiger partial charge in [-0.3, -0.25) is 4.79 Å². The first-order valence-electron chi connectivity index (χ1n) is 13.1. The molecular weight excluding hydrogens is 555 g/mol. The Morgan fingerprint density at radius 3 is 2.45 bits per heavy atom. The highest BCUT2D eigenvalue weighted by atomic mass is 19.4. The molecule has 0 bridgehead atoms. The Morgan fingerprint density at radius 2 is 1.79 bits per heavy atom. The summed E-state index contributed by atoms with van der Waals surface area (Å²) in [6.45, 7) is 2.43. The maximum atomic E-state index is 13.9. The van der Waals surface area contributed by atoms with Crippen molar-refractivity contribution in [3.63, 3.8) is 0 Å². The molecular formula is C29H30F3N5O5. The van der Waals surface area contributed by atoms with Crippen LogP contribution < -0.4 is 10.2 Å². The smallest absolute Gasteiger partial charge is 0.438 e. The molecule has 10 nitrogen and oxygen atoms in total. The molecule has 0 radical (unpaired) electrons. The number of carbonyl (C=O) groups is 2. The standard InChI is InChI=1S/C29H30F3N5O5/c1-40-28(39)42-16-6-5-13-37(20-21-7-3-2-4-8-21)26(38)24-19-33-27(36-14-17-41-18-15-36)35-25(24)34-23-11-9-22(10-12-23)29(30,31)32/h2-12,19H,13-18,20H2,1H3,(H,33,34,35)/b6-5+. The summed E-state index contributed by atoms with van der Waals surface area (Å²) in [4.78, 5) is 37.6. The van der Waals surface area contributed by atoms with Crippen LogP contribution in [0.4, 0.5) is 35.4 Å². The highest BCUT2D eigenvalue weighted by molar-refractivity contribution is 5.99. The minimum absolute atomic E-state index is 0.0435. The van der Waals surface area contributed by atoms with Crippen LogP contribution in [0.2, 0.25) is 0 Å². The molecule has 13 heteroatoms. The van der Waals surface area contributed by atoms with Crippen molar-refractivity contribution >= 4 is 29.5 Å². The lowest BCUT2D eigenvalue weighted by atomic mass is 10.1. The van der Waals surface area contributed by atoms with Gasteiger partial charge in [-0.25, -0.2) is 9.78 Å². The molecule has 1 saturated heterocycles. The number of nitrogens with one attached hydrogen (secondary N) is 1. The molecule has 2 heterocycles. The van der Waals surface area contributed by atoms with Crippen LogP contribution in [0.3, 0.4) is 0 Å². The number of alkyl halides is 3. The van der Waals surface area contributed by atoms with E-state index in [0.717, 1.165) is 17.7 Å². The van der Waals surface area contributed by atoms with Crippen LogP contribution in [0.5, 0.6) is 0 Å². The summed E-state index contributed by atoms with van der Waals surface area (Å²) in [5.41, 5.74) is 0.520. The minimum Gasteiger partial charge on any atom is -0.438 e. The van der Waals surface area contributed by atoms with Crippen molar-refractivity contribution in [2.45, 2.75) is 12.7 Å². The zero-order valence-corrected chi connectivity index (χ0v) is 22.8. The highest BCUT2D eigenvalue weighted by Gasteiger charge is 2.30. The molecule has 1 N–H and O–H groups in total. The summed E-state index contributed by atoms with van der Waals surface area (Å²) in [6, 6.07) is 13.8. The van der Waals surface area contributed by atoms with Crippen LogP contribution in [0, 0.1) is 0 Å². The third-order valence-electron chi connectivity index (χ3n) is 6.24. The second-order valence-electron chi connectivity index (χ2n) is 9.14. The Kier molecular flexibility index (Phi) is 10.3. The Morgan fingerprint density at radius 1 is 1.07 bits per heavy atom. The molecule has 1 aliphatic heterocycles. The lowest BCUT2D eigenvalue weighted by Gasteiger charge is -2.28. The van der Waals surface area contributed by atoms with Crippen LogP contribution in [-0.4, -0.2) is 73.5 Å². The number of benzene rings is 2. The van der Waals surface area contributed by atoms with Crippen molar-refractivity contribution in [1.29, 1.82) is 0 Å². The number of aromatic nitrogens is 2. The fourth-order valence-electron chi connectivity index (χ4n) is 4.06. The number of methoxy groups -OCH3 is 1. The number of morpholine rings is 1. The van der Waals surface area contributed by atoms with Crippen molar-refractivity contribution in [3.8, 4) is 0 Å². The van der Waals surface area contributed by atoms with E-state index in [9.17, 15) is 22.8 Å². The lowest BCUT2D eigenvalue weighted by Crippen LogP contribution is -2.37. The number of hydrogen-bond donors (Lipinski definition) is 1. The fourth-order valence-corrected chi connectivity index (χ4v) is 4.06. The average molecular weight is 586 g/mol. The maximum Gasteiger partial charge on any atom is 0.508 e. The summed E-state index contributed by atoms with van der Waals surface area (Å²) in [5, 5.41) is 3.01. The molecule has 42 heavy (non-hydrogen) atoms. The largest absolute Gasteiger partial charge is 0.508 e. The third-order valence-corrected chi connectivity index (χ3v) is 6.24. The van der Waals surface area contributed by atoms with Gasteiger partial charge in [0.1, 0.15) is 18.0 Å². The van der Waals surface area contributed by atoms with E-state index >= 15 is 0 Å². The molecule has 0 saturated carbocycles. The number of rotatable bonds is 10. The Hall–Kier alpha value is -4.65. The van der Waals surface area contributed by atoms with E-state index in [-0.39, 0.29) is 31.1 Å². The average Bonchev–Trinajstić information content (AvgIpc) is 3.00. The molecule has 0 atom stereocenters. The second-order valence-corrected chi connectivity index (χ2v) is 9.14. The van der Waals surface area contributed by atoms with Crippen LogP contribution >= 0.6 is 0 Å². The van der Waals surface area contributed by atoms with Gasteiger partial charge >= 0.3 is 12.3 Å². The van der Waals surface area contributed by atoms with E-state index in [4.69, 9.17) is 9.47 Å². The zero-order chi connectivity index (χ0) is 30.0. The molecule has 222 valence electrons. The van der Waals surface area contributed by atoms with Gasteiger partial charge in [-0.1, -0.05) is 36.4 Å². The van der Waals surface area contributed by atoms with E-state index in [1.54, 1.807) is 17.1 Å². The molecule has 1 amide bonds. The van der Waals surface area contributed by atoms with E-state index in [1.165, 1.54) is 25.4 Å². The number of halogens is 3. The lowest BCUT2D eigenvalue weighted by molar-refractivity contribution is -0.137. The predicted octanol–water partition coefficient (Wildman–Crippen LogP) is 5.06. The maximum absolute atomic E-state index is 13.9. The van der Waals surface area contributed by atoms with Crippen LogP contribution in [0.1, 0.15) is 21.5 Å². The molecule has 1 fully saturated rings. The summed E-state index contributed by atoms with van der Waals surface area (Å²) in [7, 11) is 1.20. The first kappa shape index (κ1) is 30.3. The Labute approximate surface area is 240 Å². The van der Waals surface area contributed by atoms with E-state index in [0.29, 0.717) is 37.9 Å².